The van der Waals surface area contributed by atoms with Crippen LogP contribution in [-0.4, -0.2) is 5.91 Å². The first-order valence-corrected chi connectivity index (χ1v) is 5.04. The van der Waals surface area contributed by atoms with E-state index < -0.39 is 0 Å². The highest BCUT2D eigenvalue weighted by molar-refractivity contribution is 6.04. The molecule has 2 aromatic carbocycles. The van der Waals surface area contributed by atoms with Crippen LogP contribution in [0.2, 0.25) is 0 Å². The quantitative estimate of drug-likeness (QED) is 0.833. The van der Waals surface area contributed by atoms with Gasteiger partial charge in [-0.3, -0.25) is 4.79 Å². The van der Waals surface area contributed by atoms with Gasteiger partial charge in [-0.15, -0.1) is 0 Å². The lowest BCUT2D eigenvalue weighted by molar-refractivity contribution is 0.102. The Labute approximate surface area is 99.2 Å². The summed E-state index contributed by atoms with van der Waals surface area (Å²) < 4.78 is 0. The summed E-state index contributed by atoms with van der Waals surface area (Å²) in [5, 5.41) is 2.65. The van der Waals surface area contributed by atoms with Crippen LogP contribution in [0.25, 0.3) is 0 Å². The first-order valence-electron chi connectivity index (χ1n) is 5.04. The number of amides is 1. The van der Waals surface area contributed by atoms with Gasteiger partial charge in [-0.05, 0) is 42.5 Å². The predicted octanol–water partition coefficient (Wildman–Crippen LogP) is 2.34. The van der Waals surface area contributed by atoms with Crippen molar-refractivity contribution in [3.8, 4) is 0 Å². The van der Waals surface area contributed by atoms with E-state index in [9.17, 15) is 10.5 Å². The number of hydrogen-bond donors (Lipinski definition) is 1. The Kier molecular flexibility index (Phi) is 2.96. The average molecular weight is 223 g/mol. The highest BCUT2D eigenvalue weighted by atomic mass is 16.1. The van der Waals surface area contributed by atoms with Crippen molar-refractivity contribution in [3.63, 3.8) is 0 Å². The van der Waals surface area contributed by atoms with Gasteiger partial charge in [-0.1, -0.05) is 6.07 Å². The molecular formula is C13H9N3O. The Morgan fingerprint density at radius 3 is 2.29 bits per heavy atom. The van der Waals surface area contributed by atoms with E-state index >= 15 is 0 Å². The molecule has 0 bridgehead atoms. The van der Waals surface area contributed by atoms with Gasteiger partial charge >= 0.3 is 0 Å². The smallest absolute Gasteiger partial charge is 0.255 e. The maximum atomic E-state index is 11.8. The Hall–Kier alpha value is -2.49. The van der Waals surface area contributed by atoms with Gasteiger partial charge in [0.2, 0.25) is 0 Å². The van der Waals surface area contributed by atoms with Crippen molar-refractivity contribution in [2.45, 2.75) is 0 Å². The molecule has 0 aliphatic rings. The SMILES string of the molecule is [N]c1ccc(NC(=O)c2cccc([N])c2)cc1. The molecule has 1 amide bonds. The number of benzene rings is 2. The Balaban J connectivity index is 2.14. The van der Waals surface area contributed by atoms with Crippen molar-refractivity contribution in [2.24, 2.45) is 0 Å². The van der Waals surface area contributed by atoms with E-state index in [4.69, 9.17) is 5.73 Å². The number of carbonyl (C=O) groups excluding carboxylic acids is 1. The first kappa shape index (κ1) is 11.0. The van der Waals surface area contributed by atoms with Crippen molar-refractivity contribution in [3.05, 3.63) is 54.1 Å². The second-order valence-corrected chi connectivity index (χ2v) is 3.55. The van der Waals surface area contributed by atoms with Crippen molar-refractivity contribution >= 4 is 23.0 Å². The summed E-state index contributed by atoms with van der Waals surface area (Å²) in [6.07, 6.45) is 0. The largest absolute Gasteiger partial charge is 0.322 e. The van der Waals surface area contributed by atoms with Crippen LogP contribution >= 0.6 is 0 Å². The average Bonchev–Trinajstić information content (AvgIpc) is 2.32. The molecule has 0 atom stereocenters. The van der Waals surface area contributed by atoms with Gasteiger partial charge < -0.3 is 5.32 Å². The number of carbonyl (C=O) groups is 1. The van der Waals surface area contributed by atoms with Gasteiger partial charge in [-0.25, -0.2) is 0 Å². The van der Waals surface area contributed by atoms with Gasteiger partial charge in [0.25, 0.3) is 5.91 Å². The van der Waals surface area contributed by atoms with Crippen LogP contribution in [0.4, 0.5) is 17.1 Å². The summed E-state index contributed by atoms with van der Waals surface area (Å²) in [6.45, 7) is 0. The fourth-order valence-electron chi connectivity index (χ4n) is 1.40. The fraction of sp³-hybridized carbons (Fsp3) is 0. The van der Waals surface area contributed by atoms with Crippen molar-refractivity contribution in [1.82, 2.24) is 11.5 Å². The molecule has 4 nitrogen and oxygen atoms in total. The molecule has 0 aromatic heterocycles. The maximum absolute atomic E-state index is 11.8. The van der Waals surface area contributed by atoms with Crippen LogP contribution in [0.15, 0.2) is 48.5 Å². The number of anilines is 1. The summed E-state index contributed by atoms with van der Waals surface area (Å²) >= 11 is 0. The third-order valence-corrected chi connectivity index (χ3v) is 2.23. The lowest BCUT2D eigenvalue weighted by Gasteiger charge is -2.05. The molecule has 0 fully saturated rings. The maximum Gasteiger partial charge on any atom is 0.255 e. The molecular weight excluding hydrogens is 214 g/mol. The molecule has 0 spiro atoms. The standard InChI is InChI=1S/C13H9N3O/c14-10-4-6-12(7-5-10)16-13(17)9-2-1-3-11(15)8-9/h1-8H,(H,16,17). The van der Waals surface area contributed by atoms with Crippen molar-refractivity contribution in [1.29, 1.82) is 0 Å². The Morgan fingerprint density at radius 2 is 1.65 bits per heavy atom. The number of hydrogen-bond acceptors (Lipinski definition) is 1. The minimum atomic E-state index is -0.313. The lowest BCUT2D eigenvalue weighted by atomic mass is 10.2. The van der Waals surface area contributed by atoms with Crippen LogP contribution in [0.5, 0.6) is 0 Å². The fourth-order valence-corrected chi connectivity index (χ4v) is 1.40. The van der Waals surface area contributed by atoms with E-state index in [1.165, 1.54) is 24.3 Å². The Bertz CT molecular complexity index is 535. The summed E-state index contributed by atoms with van der Waals surface area (Å²) in [4.78, 5) is 11.8. The molecule has 4 radical (unpaired) electrons. The third kappa shape index (κ3) is 2.75. The first-order chi connectivity index (χ1) is 8.15. The van der Waals surface area contributed by atoms with E-state index in [0.717, 1.165) is 0 Å². The van der Waals surface area contributed by atoms with Crippen LogP contribution in [0, 0.1) is 0 Å². The van der Waals surface area contributed by atoms with E-state index in [1.807, 2.05) is 0 Å². The number of nitrogens with one attached hydrogen (secondary N) is 1. The van der Waals surface area contributed by atoms with Gasteiger partial charge in [-0.2, -0.15) is 11.5 Å². The van der Waals surface area contributed by atoms with Crippen LogP contribution in [0.3, 0.4) is 0 Å². The normalized spacial score (nSPS) is 9.88. The molecule has 0 saturated carbocycles. The number of rotatable bonds is 2. The summed E-state index contributed by atoms with van der Waals surface area (Å²) in [7, 11) is 0. The molecule has 1 N–H and O–H groups in total. The summed E-state index contributed by atoms with van der Waals surface area (Å²) in [5.41, 5.74) is 19.5. The lowest BCUT2D eigenvalue weighted by Crippen LogP contribution is -2.11. The minimum absolute atomic E-state index is 0.0448. The van der Waals surface area contributed by atoms with Crippen molar-refractivity contribution < 1.29 is 4.79 Å². The zero-order chi connectivity index (χ0) is 12.3. The number of nitrogens with zero attached hydrogens (tertiary/aromatic N) is 2. The molecule has 0 aliphatic heterocycles. The van der Waals surface area contributed by atoms with Crippen LogP contribution in [-0.2, 0) is 0 Å². The minimum Gasteiger partial charge on any atom is -0.322 e. The topological polar surface area (TPSA) is 73.7 Å². The van der Waals surface area contributed by atoms with Gasteiger partial charge in [0.15, 0.2) is 0 Å². The predicted molar refractivity (Wildman–Crippen MR) is 64.4 cm³/mol. The third-order valence-electron chi connectivity index (χ3n) is 2.23. The van der Waals surface area contributed by atoms with E-state index in [2.05, 4.69) is 5.32 Å². The monoisotopic (exact) mass is 223 g/mol. The molecule has 4 heteroatoms. The van der Waals surface area contributed by atoms with E-state index in [1.54, 1.807) is 24.3 Å². The molecule has 2 aromatic rings. The van der Waals surface area contributed by atoms with Crippen LogP contribution in [0.1, 0.15) is 10.4 Å². The van der Waals surface area contributed by atoms with Crippen LogP contribution < -0.4 is 16.8 Å². The van der Waals surface area contributed by atoms with Crippen molar-refractivity contribution in [2.75, 3.05) is 5.32 Å². The van der Waals surface area contributed by atoms with E-state index in [0.29, 0.717) is 11.3 Å². The molecule has 82 valence electrons. The molecule has 17 heavy (non-hydrogen) atoms. The molecule has 0 saturated heterocycles. The molecule has 0 unspecified atom stereocenters. The zero-order valence-electron chi connectivity index (χ0n) is 8.92. The summed E-state index contributed by atoms with van der Waals surface area (Å²) in [6, 6.07) is 12.2. The van der Waals surface area contributed by atoms with E-state index in [-0.39, 0.29) is 17.3 Å². The second-order valence-electron chi connectivity index (χ2n) is 3.55. The molecule has 0 heterocycles. The Morgan fingerprint density at radius 1 is 0.941 bits per heavy atom. The second kappa shape index (κ2) is 4.57. The highest BCUT2D eigenvalue weighted by Crippen LogP contribution is 2.14. The summed E-state index contributed by atoms with van der Waals surface area (Å²) in [5.74, 6) is -0.313. The molecule has 0 aliphatic carbocycles. The van der Waals surface area contributed by atoms with Gasteiger partial charge in [0.05, 0.1) is 11.4 Å². The van der Waals surface area contributed by atoms with Gasteiger partial charge in [0, 0.05) is 11.3 Å². The highest BCUT2D eigenvalue weighted by Gasteiger charge is 2.06. The zero-order valence-corrected chi connectivity index (χ0v) is 8.92. The van der Waals surface area contributed by atoms with Gasteiger partial charge in [0.1, 0.15) is 0 Å². The molecule has 2 rings (SSSR count).